The second kappa shape index (κ2) is 9.39. The molecule has 2 aliphatic carbocycles. The van der Waals surface area contributed by atoms with Gasteiger partial charge in [0.1, 0.15) is 6.10 Å². The van der Waals surface area contributed by atoms with Gasteiger partial charge in [-0.25, -0.2) is 0 Å². The van der Waals surface area contributed by atoms with Crippen LogP contribution in [0.25, 0.3) is 0 Å². The lowest BCUT2D eigenvalue weighted by Crippen LogP contribution is -2.40. The summed E-state index contributed by atoms with van der Waals surface area (Å²) >= 11 is 0. The third kappa shape index (κ3) is 7.00. The second-order valence-corrected chi connectivity index (χ2v) is 12.2. The van der Waals surface area contributed by atoms with Crippen molar-refractivity contribution < 1.29 is 19.4 Å². The van der Waals surface area contributed by atoms with Crippen molar-refractivity contribution in [3.05, 3.63) is 0 Å². The molecule has 2 rings (SSSR count). The zero-order valence-corrected chi connectivity index (χ0v) is 19.8. The molecule has 4 atom stereocenters. The standard InChI is InChI=1S/C25H44O4/c1-16-8-13-19(20(14-16)22(26)27)23(28)29-21(15-24(2,3)4)17-9-11-18(12-10-17)25(5,6)7/h16-21H,8-15H2,1-7H3,(H,26,27). The van der Waals surface area contributed by atoms with Crippen LogP contribution in [0.4, 0.5) is 0 Å². The Bertz CT molecular complexity index is 560. The summed E-state index contributed by atoms with van der Waals surface area (Å²) in [5.74, 6) is -0.731. The number of hydrogen-bond acceptors (Lipinski definition) is 3. The first-order valence-electron chi connectivity index (χ1n) is 11.7. The molecule has 0 aliphatic heterocycles. The molecule has 4 heteroatoms. The van der Waals surface area contributed by atoms with Gasteiger partial charge in [-0.2, -0.15) is 0 Å². The van der Waals surface area contributed by atoms with Crippen molar-refractivity contribution in [2.24, 2.45) is 40.4 Å². The smallest absolute Gasteiger partial charge is 0.310 e. The lowest BCUT2D eigenvalue weighted by molar-refractivity contribution is -0.168. The van der Waals surface area contributed by atoms with Crippen molar-refractivity contribution in [1.82, 2.24) is 0 Å². The SMILES string of the molecule is CC1CCC(C(=O)OC(CC(C)(C)C)C2CCC(C(C)(C)C)CC2)C(C(=O)O)C1. The average molecular weight is 409 g/mol. The average Bonchev–Trinajstić information content (AvgIpc) is 2.59. The van der Waals surface area contributed by atoms with E-state index in [0.717, 1.165) is 31.6 Å². The normalized spacial score (nSPS) is 32.4. The highest BCUT2D eigenvalue weighted by Gasteiger charge is 2.42. The van der Waals surface area contributed by atoms with Crippen LogP contribution in [0, 0.1) is 40.4 Å². The molecule has 0 bridgehead atoms. The van der Waals surface area contributed by atoms with Gasteiger partial charge >= 0.3 is 11.9 Å². The van der Waals surface area contributed by atoms with Crippen LogP contribution in [-0.4, -0.2) is 23.1 Å². The molecule has 0 heterocycles. The van der Waals surface area contributed by atoms with Gasteiger partial charge in [-0.15, -0.1) is 0 Å². The summed E-state index contributed by atoms with van der Waals surface area (Å²) < 4.78 is 6.14. The maximum absolute atomic E-state index is 13.1. The minimum atomic E-state index is -0.850. The Morgan fingerprint density at radius 1 is 0.931 bits per heavy atom. The molecule has 0 aromatic rings. The molecular weight excluding hydrogens is 364 g/mol. The molecule has 2 fully saturated rings. The van der Waals surface area contributed by atoms with Crippen molar-refractivity contribution >= 4 is 11.9 Å². The highest BCUT2D eigenvalue weighted by molar-refractivity contribution is 5.81. The van der Waals surface area contributed by atoms with E-state index in [0.29, 0.717) is 30.1 Å². The Kier molecular flexibility index (Phi) is 7.84. The van der Waals surface area contributed by atoms with E-state index < -0.39 is 17.8 Å². The van der Waals surface area contributed by atoms with Gasteiger partial charge in [0.15, 0.2) is 0 Å². The maximum atomic E-state index is 13.1. The summed E-state index contributed by atoms with van der Waals surface area (Å²) in [7, 11) is 0. The monoisotopic (exact) mass is 408 g/mol. The van der Waals surface area contributed by atoms with Crippen LogP contribution in [0.2, 0.25) is 0 Å². The molecule has 168 valence electrons. The number of rotatable bonds is 5. The number of aliphatic carboxylic acids is 1. The van der Waals surface area contributed by atoms with Gasteiger partial charge in [0.2, 0.25) is 0 Å². The Morgan fingerprint density at radius 3 is 2.00 bits per heavy atom. The molecule has 29 heavy (non-hydrogen) atoms. The van der Waals surface area contributed by atoms with Crippen LogP contribution in [0.1, 0.15) is 99.8 Å². The zero-order valence-electron chi connectivity index (χ0n) is 19.8. The Labute approximate surface area is 178 Å². The molecule has 0 saturated heterocycles. The molecule has 0 spiro atoms. The molecule has 2 saturated carbocycles. The topological polar surface area (TPSA) is 63.6 Å². The number of hydrogen-bond donors (Lipinski definition) is 1. The highest BCUT2D eigenvalue weighted by atomic mass is 16.5. The van der Waals surface area contributed by atoms with Gasteiger partial charge in [-0.1, -0.05) is 48.5 Å². The predicted octanol–water partition coefficient (Wildman–Crippen LogP) is 6.32. The van der Waals surface area contributed by atoms with Crippen LogP contribution < -0.4 is 0 Å². The number of carbonyl (C=O) groups excluding carboxylic acids is 1. The van der Waals surface area contributed by atoms with E-state index in [4.69, 9.17) is 4.74 Å². The molecule has 4 unspecified atom stereocenters. The van der Waals surface area contributed by atoms with Crippen LogP contribution >= 0.6 is 0 Å². The third-order valence-electron chi connectivity index (χ3n) is 7.34. The second-order valence-electron chi connectivity index (χ2n) is 12.2. The quantitative estimate of drug-likeness (QED) is 0.540. The first kappa shape index (κ1) is 24.2. The van der Waals surface area contributed by atoms with Crippen molar-refractivity contribution in [1.29, 1.82) is 0 Å². The van der Waals surface area contributed by atoms with E-state index in [1.54, 1.807) is 0 Å². The number of carboxylic acid groups (broad SMARTS) is 1. The summed E-state index contributed by atoms with van der Waals surface area (Å²) in [6.45, 7) is 15.6. The number of carbonyl (C=O) groups is 2. The van der Waals surface area contributed by atoms with Crippen molar-refractivity contribution in [2.75, 3.05) is 0 Å². The summed E-state index contributed by atoms with van der Waals surface area (Å²) in [6, 6.07) is 0. The van der Waals surface area contributed by atoms with E-state index >= 15 is 0 Å². The molecule has 0 radical (unpaired) electrons. The fraction of sp³-hybridized carbons (Fsp3) is 0.920. The van der Waals surface area contributed by atoms with E-state index in [9.17, 15) is 14.7 Å². The van der Waals surface area contributed by atoms with Crippen LogP contribution in [-0.2, 0) is 14.3 Å². The Hall–Kier alpha value is -1.06. The zero-order chi connectivity index (χ0) is 22.0. The Balaban J connectivity index is 2.08. The molecular formula is C25H44O4. The van der Waals surface area contributed by atoms with E-state index in [1.165, 1.54) is 12.8 Å². The maximum Gasteiger partial charge on any atom is 0.310 e. The fourth-order valence-electron chi connectivity index (χ4n) is 5.44. The minimum Gasteiger partial charge on any atom is -0.481 e. The van der Waals surface area contributed by atoms with Gasteiger partial charge in [0.25, 0.3) is 0 Å². The molecule has 0 aromatic carbocycles. The summed E-state index contributed by atoms with van der Waals surface area (Å²) in [5.41, 5.74) is 0.397. The van der Waals surface area contributed by atoms with Crippen LogP contribution in [0.15, 0.2) is 0 Å². The number of esters is 1. The summed E-state index contributed by atoms with van der Waals surface area (Å²) in [4.78, 5) is 24.8. The molecule has 0 amide bonds. The van der Waals surface area contributed by atoms with Gasteiger partial charge in [-0.3, -0.25) is 9.59 Å². The number of carboxylic acids is 1. The first-order chi connectivity index (χ1) is 13.3. The van der Waals surface area contributed by atoms with Crippen molar-refractivity contribution in [2.45, 2.75) is 106 Å². The van der Waals surface area contributed by atoms with E-state index in [-0.39, 0.29) is 17.5 Å². The lowest BCUT2D eigenvalue weighted by Gasteiger charge is -2.41. The molecule has 2 aliphatic rings. The summed E-state index contributed by atoms with van der Waals surface area (Å²) in [6.07, 6.45) is 7.42. The first-order valence-corrected chi connectivity index (χ1v) is 11.7. The van der Waals surface area contributed by atoms with Gasteiger partial charge in [-0.05, 0) is 80.0 Å². The van der Waals surface area contributed by atoms with E-state index in [1.807, 2.05) is 0 Å². The highest BCUT2D eigenvalue weighted by Crippen LogP contribution is 2.43. The Morgan fingerprint density at radius 2 is 1.52 bits per heavy atom. The van der Waals surface area contributed by atoms with E-state index in [2.05, 4.69) is 48.5 Å². The van der Waals surface area contributed by atoms with Gasteiger partial charge in [0.05, 0.1) is 11.8 Å². The fourth-order valence-corrected chi connectivity index (χ4v) is 5.44. The molecule has 1 N–H and O–H groups in total. The predicted molar refractivity (Wildman–Crippen MR) is 116 cm³/mol. The van der Waals surface area contributed by atoms with Crippen molar-refractivity contribution in [3.8, 4) is 0 Å². The molecule has 4 nitrogen and oxygen atoms in total. The van der Waals surface area contributed by atoms with Gasteiger partial charge in [0, 0.05) is 0 Å². The minimum absolute atomic E-state index is 0.0686. The van der Waals surface area contributed by atoms with Crippen molar-refractivity contribution in [3.63, 3.8) is 0 Å². The van der Waals surface area contributed by atoms with Crippen LogP contribution in [0.3, 0.4) is 0 Å². The molecule has 0 aromatic heterocycles. The number of ether oxygens (including phenoxy) is 1. The van der Waals surface area contributed by atoms with Gasteiger partial charge < -0.3 is 9.84 Å². The third-order valence-corrected chi connectivity index (χ3v) is 7.34. The largest absolute Gasteiger partial charge is 0.481 e. The summed E-state index contributed by atoms with van der Waals surface area (Å²) in [5, 5.41) is 9.64. The van der Waals surface area contributed by atoms with Crippen LogP contribution in [0.5, 0.6) is 0 Å². The lowest BCUT2D eigenvalue weighted by atomic mass is 9.68.